The van der Waals surface area contributed by atoms with Crippen LogP contribution in [-0.2, 0) is 0 Å². The number of carbonyl (C=O) groups is 1. The fraction of sp³-hybridized carbons (Fsp3) is 0.300. The van der Waals surface area contributed by atoms with Crippen LogP contribution in [0.5, 0.6) is 5.75 Å². The number of ketones is 1. The maximum atomic E-state index is 13.0. The summed E-state index contributed by atoms with van der Waals surface area (Å²) in [6.07, 6.45) is 2.34. The zero-order valence-corrected chi connectivity index (χ0v) is 15.3. The quantitative estimate of drug-likeness (QED) is 0.715. The predicted molar refractivity (Wildman–Crippen MR) is 105 cm³/mol. The Balaban J connectivity index is 1.60. The lowest BCUT2D eigenvalue weighted by Gasteiger charge is -2.41. The van der Waals surface area contributed by atoms with E-state index in [0.29, 0.717) is 22.0 Å². The number of carbonyl (C=O) groups excluding carboxylic acids is 1. The molecule has 0 unspecified atom stereocenters. The number of fused-ring (bicyclic) bond motifs is 3. The van der Waals surface area contributed by atoms with Crippen LogP contribution in [-0.4, -0.2) is 31.0 Å². The van der Waals surface area contributed by atoms with Crippen molar-refractivity contribution in [3.63, 3.8) is 0 Å². The van der Waals surface area contributed by atoms with Crippen molar-refractivity contribution in [1.82, 2.24) is 4.98 Å². The Kier molecular flexibility index (Phi) is 3.43. The maximum absolute atomic E-state index is 13.0. The number of nitrogen functional groups attached to an aromatic ring is 1. The molecule has 5 nitrogen and oxygen atoms in total. The van der Waals surface area contributed by atoms with E-state index in [4.69, 9.17) is 15.5 Å². The first-order chi connectivity index (χ1) is 12.7. The second-order valence-corrected chi connectivity index (χ2v) is 7.91. The Morgan fingerprint density at radius 3 is 2.69 bits per heavy atom. The molecule has 2 aromatic heterocycles. The van der Waals surface area contributed by atoms with E-state index in [-0.39, 0.29) is 5.78 Å². The van der Waals surface area contributed by atoms with Crippen molar-refractivity contribution in [3.8, 4) is 5.75 Å². The standard InChI is InChI=1S/C20H19N3O2S/c1-25-13-4-2-12(3-5-13)18(24)19-16(21)14-10-15-17(22-20(14)26-19)11-6-8-23(15)9-7-11/h2-5,10-11H,6-9,21H2,1H3. The Hall–Kier alpha value is -2.60. The minimum absolute atomic E-state index is 0.0607. The van der Waals surface area contributed by atoms with Gasteiger partial charge in [0, 0.05) is 30.0 Å². The third-order valence-corrected chi connectivity index (χ3v) is 6.62. The number of hydrogen-bond donors (Lipinski definition) is 1. The minimum atomic E-state index is -0.0607. The van der Waals surface area contributed by atoms with Gasteiger partial charge in [-0.05, 0) is 43.2 Å². The monoisotopic (exact) mass is 365 g/mol. The molecule has 2 bridgehead atoms. The Labute approximate surface area is 155 Å². The van der Waals surface area contributed by atoms with E-state index < -0.39 is 0 Å². The average Bonchev–Trinajstić information content (AvgIpc) is 3.03. The van der Waals surface area contributed by atoms with E-state index in [1.165, 1.54) is 35.6 Å². The maximum Gasteiger partial charge on any atom is 0.205 e. The average molecular weight is 365 g/mol. The highest BCUT2D eigenvalue weighted by atomic mass is 32.1. The van der Waals surface area contributed by atoms with Crippen molar-refractivity contribution in [2.75, 3.05) is 30.8 Å². The largest absolute Gasteiger partial charge is 0.497 e. The Morgan fingerprint density at radius 2 is 2.00 bits per heavy atom. The first-order valence-corrected chi connectivity index (χ1v) is 9.64. The van der Waals surface area contributed by atoms with Crippen molar-refractivity contribution in [3.05, 3.63) is 46.5 Å². The summed E-state index contributed by atoms with van der Waals surface area (Å²) in [5.41, 5.74) is 9.91. The number of aromatic nitrogens is 1. The van der Waals surface area contributed by atoms with Crippen LogP contribution in [0.2, 0.25) is 0 Å². The Bertz CT molecular complexity index is 1020. The van der Waals surface area contributed by atoms with Crippen LogP contribution in [0.25, 0.3) is 10.2 Å². The van der Waals surface area contributed by atoms with Gasteiger partial charge in [0.2, 0.25) is 5.78 Å². The first kappa shape index (κ1) is 15.6. The molecule has 3 aromatic rings. The molecule has 0 amide bonds. The van der Waals surface area contributed by atoms with E-state index >= 15 is 0 Å². The van der Waals surface area contributed by atoms with E-state index in [1.54, 1.807) is 31.4 Å². The molecule has 5 heterocycles. The zero-order chi connectivity index (χ0) is 17.8. The topological polar surface area (TPSA) is 68.4 Å². The molecule has 1 aromatic carbocycles. The number of thiophene rings is 1. The molecule has 0 aliphatic carbocycles. The lowest BCUT2D eigenvalue weighted by atomic mass is 9.86. The SMILES string of the molecule is COc1ccc(C(=O)c2sc3nc4c(cc3c2N)N2CCC4CC2)cc1. The molecule has 0 spiro atoms. The highest BCUT2D eigenvalue weighted by Crippen LogP contribution is 2.45. The van der Waals surface area contributed by atoms with Crippen molar-refractivity contribution in [2.45, 2.75) is 18.8 Å². The number of nitrogens with two attached hydrogens (primary N) is 1. The first-order valence-electron chi connectivity index (χ1n) is 8.82. The number of piperidine rings is 1. The van der Waals surface area contributed by atoms with Gasteiger partial charge in [-0.3, -0.25) is 4.79 Å². The van der Waals surface area contributed by atoms with Gasteiger partial charge < -0.3 is 15.4 Å². The van der Waals surface area contributed by atoms with Crippen LogP contribution < -0.4 is 15.4 Å². The van der Waals surface area contributed by atoms with E-state index in [2.05, 4.69) is 11.0 Å². The molecular formula is C20H19N3O2S. The summed E-state index contributed by atoms with van der Waals surface area (Å²) in [6, 6.07) is 9.27. The number of rotatable bonds is 3. The van der Waals surface area contributed by atoms with Crippen LogP contribution >= 0.6 is 11.3 Å². The number of ether oxygens (including phenoxy) is 1. The van der Waals surface area contributed by atoms with Crippen LogP contribution in [0, 0.1) is 0 Å². The molecule has 1 fully saturated rings. The lowest BCUT2D eigenvalue weighted by Crippen LogP contribution is -2.39. The van der Waals surface area contributed by atoms with Gasteiger partial charge in [-0.25, -0.2) is 4.98 Å². The summed E-state index contributed by atoms with van der Waals surface area (Å²) in [5, 5.41) is 0.901. The van der Waals surface area contributed by atoms with Gasteiger partial charge in [0.05, 0.1) is 24.2 Å². The Morgan fingerprint density at radius 1 is 1.27 bits per heavy atom. The van der Waals surface area contributed by atoms with E-state index in [0.717, 1.165) is 29.1 Å². The van der Waals surface area contributed by atoms with E-state index in [1.807, 2.05) is 0 Å². The van der Waals surface area contributed by atoms with Crippen LogP contribution in [0.4, 0.5) is 11.4 Å². The second kappa shape index (κ2) is 5.71. The van der Waals surface area contributed by atoms with Gasteiger partial charge in [-0.2, -0.15) is 0 Å². The van der Waals surface area contributed by atoms with Crippen LogP contribution in [0.3, 0.4) is 0 Å². The summed E-state index contributed by atoms with van der Waals surface area (Å²) in [5.74, 6) is 1.21. The van der Waals surface area contributed by atoms with Crippen molar-refractivity contribution in [2.24, 2.45) is 0 Å². The summed E-state index contributed by atoms with van der Waals surface area (Å²) < 4.78 is 5.16. The molecule has 0 atom stereocenters. The summed E-state index contributed by atoms with van der Waals surface area (Å²) in [4.78, 5) is 21.7. The van der Waals surface area contributed by atoms with Crippen molar-refractivity contribution in [1.29, 1.82) is 0 Å². The minimum Gasteiger partial charge on any atom is -0.497 e. The molecule has 2 N–H and O–H groups in total. The predicted octanol–water partition coefficient (Wildman–Crippen LogP) is 3.82. The zero-order valence-electron chi connectivity index (χ0n) is 14.5. The highest BCUT2D eigenvalue weighted by Gasteiger charge is 2.33. The highest BCUT2D eigenvalue weighted by molar-refractivity contribution is 7.21. The normalized spacial score (nSPS) is 16.1. The van der Waals surface area contributed by atoms with Gasteiger partial charge in [-0.15, -0.1) is 11.3 Å². The van der Waals surface area contributed by atoms with Gasteiger partial charge in [0.1, 0.15) is 15.5 Å². The molecule has 0 radical (unpaired) electrons. The fourth-order valence-corrected chi connectivity index (χ4v) is 5.08. The number of nitrogens with zero attached hydrogens (tertiary/aromatic N) is 2. The molecule has 0 saturated carbocycles. The molecule has 132 valence electrons. The number of anilines is 2. The van der Waals surface area contributed by atoms with E-state index in [9.17, 15) is 4.79 Å². The lowest BCUT2D eigenvalue weighted by molar-refractivity contribution is 0.104. The molecular weight excluding hydrogens is 346 g/mol. The van der Waals surface area contributed by atoms with Crippen LogP contribution in [0.15, 0.2) is 30.3 Å². The van der Waals surface area contributed by atoms with Crippen molar-refractivity contribution >= 4 is 38.7 Å². The number of hydrogen-bond acceptors (Lipinski definition) is 6. The molecule has 3 aliphatic rings. The van der Waals surface area contributed by atoms with Gasteiger partial charge in [0.25, 0.3) is 0 Å². The smallest absolute Gasteiger partial charge is 0.205 e. The van der Waals surface area contributed by atoms with Gasteiger partial charge in [0.15, 0.2) is 0 Å². The second-order valence-electron chi connectivity index (χ2n) is 6.91. The van der Waals surface area contributed by atoms with Crippen LogP contribution in [0.1, 0.15) is 39.7 Å². The molecule has 6 rings (SSSR count). The molecule has 6 heteroatoms. The summed E-state index contributed by atoms with van der Waals surface area (Å²) in [7, 11) is 1.61. The third-order valence-electron chi connectivity index (χ3n) is 5.51. The number of methoxy groups -OCH3 is 1. The van der Waals surface area contributed by atoms with Gasteiger partial charge in [-0.1, -0.05) is 0 Å². The third kappa shape index (κ3) is 2.22. The van der Waals surface area contributed by atoms with Crippen molar-refractivity contribution < 1.29 is 9.53 Å². The summed E-state index contributed by atoms with van der Waals surface area (Å²) in [6.45, 7) is 2.18. The molecule has 1 saturated heterocycles. The molecule has 3 aliphatic heterocycles. The number of pyridine rings is 1. The molecule has 26 heavy (non-hydrogen) atoms. The van der Waals surface area contributed by atoms with Gasteiger partial charge >= 0.3 is 0 Å². The number of benzene rings is 1. The fourth-order valence-electron chi connectivity index (χ4n) is 4.03. The summed E-state index contributed by atoms with van der Waals surface area (Å²) >= 11 is 1.40.